The molecule has 0 aliphatic carbocycles. The smallest absolute Gasteiger partial charge is 0.227 e. The summed E-state index contributed by atoms with van der Waals surface area (Å²) in [5.41, 5.74) is 0. The molecule has 3 rings (SSSR count). The molecule has 0 unspecified atom stereocenters. The molecule has 2 aromatic heterocycles. The molecular weight excluding hydrogens is 312 g/mol. The van der Waals surface area contributed by atoms with Crippen LogP contribution in [0.4, 0.5) is 0 Å². The molecule has 2 aromatic rings. The minimum Gasteiger partial charge on any atom is -0.356 e. The summed E-state index contributed by atoms with van der Waals surface area (Å²) < 4.78 is 5.15. The summed E-state index contributed by atoms with van der Waals surface area (Å²) in [4.78, 5) is 16.9. The summed E-state index contributed by atoms with van der Waals surface area (Å²) in [6.07, 6.45) is 0.860. The average Bonchev–Trinajstić information content (AvgIpc) is 3.05. The Morgan fingerprint density at radius 1 is 1.52 bits per heavy atom. The summed E-state index contributed by atoms with van der Waals surface area (Å²) >= 11 is 1.56. The molecule has 1 fully saturated rings. The molecule has 2 N–H and O–H groups in total. The highest BCUT2D eigenvalue weighted by Crippen LogP contribution is 2.21. The zero-order valence-corrected chi connectivity index (χ0v) is 13.0. The number of carbonyl (C=O) groups excluding carboxylic acids is 1. The molecule has 1 amide bonds. The van der Waals surface area contributed by atoms with Crippen molar-refractivity contribution < 1.29 is 9.32 Å². The lowest BCUT2D eigenvalue weighted by atomic mass is 10.0. The number of carbonyl (C=O) groups is 1. The quantitative estimate of drug-likeness (QED) is 0.839. The van der Waals surface area contributed by atoms with Gasteiger partial charge in [-0.3, -0.25) is 4.79 Å². The molecule has 0 spiro atoms. The van der Waals surface area contributed by atoms with Crippen molar-refractivity contribution in [2.75, 3.05) is 19.6 Å². The van der Waals surface area contributed by atoms with Crippen LogP contribution in [0.15, 0.2) is 22.0 Å². The second kappa shape index (κ2) is 7.53. The van der Waals surface area contributed by atoms with Gasteiger partial charge in [0.25, 0.3) is 0 Å². The number of aryl methyl sites for hydroxylation is 1. The third-order valence-corrected chi connectivity index (χ3v) is 4.10. The number of hydrogen-bond acceptors (Lipinski definition) is 6. The van der Waals surface area contributed by atoms with Crippen LogP contribution in [-0.4, -0.2) is 35.7 Å². The van der Waals surface area contributed by atoms with Crippen LogP contribution in [0.3, 0.4) is 0 Å². The van der Waals surface area contributed by atoms with E-state index in [0.717, 1.165) is 24.5 Å². The number of thiophene rings is 1. The summed E-state index contributed by atoms with van der Waals surface area (Å²) in [5, 5.41) is 12.0. The van der Waals surface area contributed by atoms with E-state index in [-0.39, 0.29) is 18.3 Å². The molecule has 114 valence electrons. The fourth-order valence-electron chi connectivity index (χ4n) is 1.92. The van der Waals surface area contributed by atoms with Gasteiger partial charge in [0.05, 0.1) is 4.88 Å². The molecular formula is C13H17ClN4O2S. The van der Waals surface area contributed by atoms with Gasteiger partial charge in [0.2, 0.25) is 17.6 Å². The second-order valence-electron chi connectivity index (χ2n) is 4.82. The lowest BCUT2D eigenvalue weighted by Crippen LogP contribution is -2.48. The fraction of sp³-hybridized carbons (Fsp3) is 0.462. The van der Waals surface area contributed by atoms with Crippen LogP contribution in [0, 0.1) is 5.92 Å². The fourth-order valence-corrected chi connectivity index (χ4v) is 2.57. The van der Waals surface area contributed by atoms with Crippen LogP contribution in [0.2, 0.25) is 0 Å². The van der Waals surface area contributed by atoms with E-state index >= 15 is 0 Å². The third-order valence-electron chi connectivity index (χ3n) is 3.23. The van der Waals surface area contributed by atoms with Crippen molar-refractivity contribution in [3.8, 4) is 10.7 Å². The van der Waals surface area contributed by atoms with Gasteiger partial charge in [0.15, 0.2) is 0 Å². The summed E-state index contributed by atoms with van der Waals surface area (Å²) in [7, 11) is 0. The summed E-state index contributed by atoms with van der Waals surface area (Å²) in [5.74, 6) is 1.71. The number of amides is 1. The second-order valence-corrected chi connectivity index (χ2v) is 5.77. The van der Waals surface area contributed by atoms with Crippen LogP contribution in [0.1, 0.15) is 12.3 Å². The Balaban J connectivity index is 0.00000161. The van der Waals surface area contributed by atoms with Crippen LogP contribution in [-0.2, 0) is 11.2 Å². The molecule has 0 atom stereocenters. The normalized spacial score (nSPS) is 14.3. The number of rotatable bonds is 6. The maximum Gasteiger partial charge on any atom is 0.227 e. The Morgan fingerprint density at radius 3 is 3.05 bits per heavy atom. The number of nitrogens with zero attached hydrogens (tertiary/aromatic N) is 2. The minimum absolute atomic E-state index is 0. The third kappa shape index (κ3) is 4.26. The topological polar surface area (TPSA) is 80.0 Å². The van der Waals surface area contributed by atoms with E-state index in [0.29, 0.717) is 30.5 Å². The van der Waals surface area contributed by atoms with Gasteiger partial charge in [-0.15, -0.1) is 23.7 Å². The molecule has 0 radical (unpaired) electrons. The van der Waals surface area contributed by atoms with E-state index in [4.69, 9.17) is 4.52 Å². The van der Waals surface area contributed by atoms with E-state index < -0.39 is 0 Å². The molecule has 1 aliphatic rings. The Morgan fingerprint density at radius 2 is 2.38 bits per heavy atom. The van der Waals surface area contributed by atoms with Gasteiger partial charge < -0.3 is 15.2 Å². The van der Waals surface area contributed by atoms with Gasteiger partial charge in [0.1, 0.15) is 0 Å². The standard InChI is InChI=1S/C13H16N4O2S.ClH/c18-11(15-8-9-6-14-7-9)3-4-12-16-13(17-19-12)10-2-1-5-20-10;/h1-2,5,9,14H,3-4,6-8H2,(H,15,18);1H. The number of hydrogen-bond donors (Lipinski definition) is 2. The Bertz CT molecular complexity index is 568. The van der Waals surface area contributed by atoms with Gasteiger partial charge in [-0.25, -0.2) is 0 Å². The molecule has 21 heavy (non-hydrogen) atoms. The average molecular weight is 329 g/mol. The first-order chi connectivity index (χ1) is 9.81. The van der Waals surface area contributed by atoms with Crippen molar-refractivity contribution in [1.82, 2.24) is 20.8 Å². The maximum atomic E-state index is 11.7. The van der Waals surface area contributed by atoms with Crippen LogP contribution in [0.25, 0.3) is 10.7 Å². The van der Waals surface area contributed by atoms with Crippen LogP contribution < -0.4 is 10.6 Å². The van der Waals surface area contributed by atoms with Gasteiger partial charge >= 0.3 is 0 Å². The SMILES string of the molecule is Cl.O=C(CCc1nc(-c2cccs2)no1)NCC1CNC1. The van der Waals surface area contributed by atoms with Gasteiger partial charge in [-0.05, 0) is 11.4 Å². The van der Waals surface area contributed by atoms with Crippen molar-refractivity contribution in [3.05, 3.63) is 23.4 Å². The maximum absolute atomic E-state index is 11.7. The largest absolute Gasteiger partial charge is 0.356 e. The van der Waals surface area contributed by atoms with Crippen molar-refractivity contribution in [3.63, 3.8) is 0 Å². The molecule has 6 nitrogen and oxygen atoms in total. The van der Waals surface area contributed by atoms with Crippen molar-refractivity contribution >= 4 is 29.7 Å². The minimum atomic E-state index is 0. The van der Waals surface area contributed by atoms with Gasteiger partial charge in [-0.1, -0.05) is 11.2 Å². The zero-order valence-electron chi connectivity index (χ0n) is 11.4. The molecule has 1 saturated heterocycles. The monoisotopic (exact) mass is 328 g/mol. The number of aromatic nitrogens is 2. The predicted molar refractivity (Wildman–Crippen MR) is 82.5 cm³/mol. The zero-order chi connectivity index (χ0) is 13.8. The van der Waals surface area contributed by atoms with E-state index in [1.54, 1.807) is 11.3 Å². The Labute approximate surface area is 132 Å². The van der Waals surface area contributed by atoms with Crippen molar-refractivity contribution in [2.24, 2.45) is 5.92 Å². The molecule has 0 bridgehead atoms. The highest BCUT2D eigenvalue weighted by Gasteiger charge is 2.17. The molecule has 3 heterocycles. The van der Waals surface area contributed by atoms with Gasteiger partial charge in [0, 0.05) is 38.4 Å². The number of halogens is 1. The molecule has 0 aromatic carbocycles. The summed E-state index contributed by atoms with van der Waals surface area (Å²) in [6.45, 7) is 2.73. The van der Waals surface area contributed by atoms with Crippen molar-refractivity contribution in [1.29, 1.82) is 0 Å². The lowest BCUT2D eigenvalue weighted by Gasteiger charge is -2.27. The van der Waals surface area contributed by atoms with E-state index in [9.17, 15) is 4.79 Å². The lowest BCUT2D eigenvalue weighted by molar-refractivity contribution is -0.121. The first-order valence-corrected chi connectivity index (χ1v) is 7.53. The Kier molecular flexibility index (Phi) is 5.72. The van der Waals surface area contributed by atoms with Gasteiger partial charge in [-0.2, -0.15) is 4.98 Å². The molecule has 0 saturated carbocycles. The summed E-state index contributed by atoms with van der Waals surface area (Å²) in [6, 6.07) is 3.89. The van der Waals surface area contributed by atoms with E-state index in [1.165, 1.54) is 0 Å². The van der Waals surface area contributed by atoms with E-state index in [1.807, 2.05) is 17.5 Å². The van der Waals surface area contributed by atoms with Crippen LogP contribution >= 0.6 is 23.7 Å². The first kappa shape index (κ1) is 15.9. The van der Waals surface area contributed by atoms with Crippen molar-refractivity contribution in [2.45, 2.75) is 12.8 Å². The first-order valence-electron chi connectivity index (χ1n) is 6.65. The highest BCUT2D eigenvalue weighted by atomic mass is 35.5. The molecule has 1 aliphatic heterocycles. The predicted octanol–water partition coefficient (Wildman–Crippen LogP) is 1.49. The number of nitrogens with one attached hydrogen (secondary N) is 2. The van der Waals surface area contributed by atoms with Crippen LogP contribution in [0.5, 0.6) is 0 Å². The molecule has 8 heteroatoms. The van der Waals surface area contributed by atoms with E-state index in [2.05, 4.69) is 20.8 Å². The Hall–Kier alpha value is -1.44. The highest BCUT2D eigenvalue weighted by molar-refractivity contribution is 7.13.